The molecule has 1 atom stereocenters. The lowest BCUT2D eigenvalue weighted by Crippen LogP contribution is -2.34. The van der Waals surface area contributed by atoms with Crippen molar-refractivity contribution in [2.75, 3.05) is 7.05 Å². The summed E-state index contributed by atoms with van der Waals surface area (Å²) in [5, 5.41) is 19.5. The molecule has 0 aliphatic heterocycles. The Morgan fingerprint density at radius 1 is 1.61 bits per heavy atom. The van der Waals surface area contributed by atoms with E-state index < -0.39 is 16.9 Å². The molecule has 0 fully saturated rings. The van der Waals surface area contributed by atoms with Crippen molar-refractivity contribution < 1.29 is 9.72 Å². The van der Waals surface area contributed by atoms with Crippen molar-refractivity contribution in [3.05, 3.63) is 38.9 Å². The van der Waals surface area contributed by atoms with Gasteiger partial charge in [0.25, 0.3) is 11.6 Å². The van der Waals surface area contributed by atoms with E-state index in [0.29, 0.717) is 0 Å². The summed E-state index contributed by atoms with van der Waals surface area (Å²) in [5.41, 5.74) is -0.212. The van der Waals surface area contributed by atoms with Crippen LogP contribution in [0.1, 0.15) is 17.3 Å². The van der Waals surface area contributed by atoms with Crippen molar-refractivity contribution >= 4 is 23.2 Å². The quantitative estimate of drug-likeness (QED) is 0.620. The maximum Gasteiger partial charge on any atom is 0.270 e. The zero-order valence-corrected chi connectivity index (χ0v) is 10.5. The first-order chi connectivity index (χ1) is 8.38. The van der Waals surface area contributed by atoms with E-state index in [9.17, 15) is 14.9 Å². The van der Waals surface area contributed by atoms with Crippen molar-refractivity contribution in [2.24, 2.45) is 0 Å². The lowest BCUT2D eigenvalue weighted by molar-refractivity contribution is -0.384. The van der Waals surface area contributed by atoms with Crippen LogP contribution in [0.5, 0.6) is 0 Å². The van der Waals surface area contributed by atoms with Crippen LogP contribution in [0.3, 0.4) is 0 Å². The Morgan fingerprint density at radius 3 is 2.72 bits per heavy atom. The molecule has 0 aliphatic rings. The number of halogens is 1. The molecule has 0 bridgehead atoms. The van der Waals surface area contributed by atoms with Crippen LogP contribution in [-0.4, -0.2) is 28.8 Å². The largest absolute Gasteiger partial charge is 0.326 e. The van der Waals surface area contributed by atoms with Crippen LogP contribution in [0.25, 0.3) is 0 Å². The van der Waals surface area contributed by atoms with Crippen LogP contribution >= 0.6 is 11.6 Å². The normalized spacial score (nSPS) is 11.4. The standard InChI is InChI=1S/C11H10ClN3O3/c1-7(6-13)14(2)11(16)9-5-8(15(17)18)3-4-10(9)12/h3-5,7H,1-2H3. The average Bonchev–Trinajstić information content (AvgIpc) is 2.36. The predicted octanol–water partition coefficient (Wildman–Crippen LogP) is 2.23. The van der Waals surface area contributed by atoms with Crippen LogP contribution in [-0.2, 0) is 0 Å². The fourth-order valence-corrected chi connectivity index (χ4v) is 1.44. The molecule has 18 heavy (non-hydrogen) atoms. The average molecular weight is 268 g/mol. The van der Waals surface area contributed by atoms with E-state index in [-0.39, 0.29) is 16.3 Å². The topological polar surface area (TPSA) is 87.2 Å². The predicted molar refractivity (Wildman–Crippen MR) is 65.3 cm³/mol. The van der Waals surface area contributed by atoms with Gasteiger partial charge >= 0.3 is 0 Å². The summed E-state index contributed by atoms with van der Waals surface area (Å²) in [6, 6.07) is 4.86. The number of carbonyl (C=O) groups is 1. The Kier molecular flexibility index (Phi) is 4.23. The molecule has 0 N–H and O–H groups in total. The molecule has 1 unspecified atom stereocenters. The molecule has 0 saturated carbocycles. The van der Waals surface area contributed by atoms with Crippen molar-refractivity contribution in [1.29, 1.82) is 5.26 Å². The minimum absolute atomic E-state index is 0.00969. The lowest BCUT2D eigenvalue weighted by Gasteiger charge is -2.19. The molecule has 0 heterocycles. The fourth-order valence-electron chi connectivity index (χ4n) is 1.24. The van der Waals surface area contributed by atoms with Crippen molar-refractivity contribution in [2.45, 2.75) is 13.0 Å². The maximum absolute atomic E-state index is 12.0. The number of nitro benzene ring substituents is 1. The zero-order chi connectivity index (χ0) is 13.9. The van der Waals surface area contributed by atoms with Gasteiger partial charge in [-0.3, -0.25) is 14.9 Å². The van der Waals surface area contributed by atoms with Gasteiger partial charge in [-0.25, -0.2) is 0 Å². The van der Waals surface area contributed by atoms with Gasteiger partial charge in [-0.05, 0) is 13.0 Å². The zero-order valence-electron chi connectivity index (χ0n) is 9.75. The van der Waals surface area contributed by atoms with Crippen LogP contribution in [0, 0.1) is 21.4 Å². The molecule has 94 valence electrons. The third kappa shape index (κ3) is 2.76. The SMILES string of the molecule is CC(C#N)N(C)C(=O)c1cc([N+](=O)[O-])ccc1Cl. The molecule has 0 radical (unpaired) electrons. The number of hydrogen-bond acceptors (Lipinski definition) is 4. The number of hydrogen-bond donors (Lipinski definition) is 0. The molecule has 1 aromatic carbocycles. The Bertz CT molecular complexity index is 539. The minimum Gasteiger partial charge on any atom is -0.326 e. The van der Waals surface area contributed by atoms with Gasteiger partial charge in [-0.15, -0.1) is 0 Å². The second kappa shape index (κ2) is 5.47. The van der Waals surface area contributed by atoms with Gasteiger partial charge in [0, 0.05) is 19.2 Å². The highest BCUT2D eigenvalue weighted by Crippen LogP contribution is 2.23. The van der Waals surface area contributed by atoms with Crippen molar-refractivity contribution in [3.63, 3.8) is 0 Å². The smallest absolute Gasteiger partial charge is 0.270 e. The van der Waals surface area contributed by atoms with E-state index in [4.69, 9.17) is 16.9 Å². The summed E-state index contributed by atoms with van der Waals surface area (Å²) in [6.45, 7) is 1.54. The van der Waals surface area contributed by atoms with Crippen molar-refractivity contribution in [3.8, 4) is 6.07 Å². The monoisotopic (exact) mass is 267 g/mol. The van der Waals surface area contributed by atoms with E-state index in [0.717, 1.165) is 6.07 Å². The van der Waals surface area contributed by atoms with Crippen LogP contribution < -0.4 is 0 Å². The van der Waals surface area contributed by atoms with Gasteiger partial charge in [0.15, 0.2) is 0 Å². The van der Waals surface area contributed by atoms with Gasteiger partial charge in [0.1, 0.15) is 6.04 Å². The lowest BCUT2D eigenvalue weighted by atomic mass is 10.1. The highest BCUT2D eigenvalue weighted by Gasteiger charge is 2.21. The minimum atomic E-state index is -0.646. The van der Waals surface area contributed by atoms with Crippen molar-refractivity contribution in [1.82, 2.24) is 4.90 Å². The van der Waals surface area contributed by atoms with Crippen LogP contribution in [0.4, 0.5) is 5.69 Å². The van der Waals surface area contributed by atoms with E-state index in [1.807, 2.05) is 6.07 Å². The van der Waals surface area contributed by atoms with Gasteiger partial charge in [0.2, 0.25) is 0 Å². The molecule has 0 spiro atoms. The van der Waals surface area contributed by atoms with Gasteiger partial charge in [0.05, 0.1) is 21.6 Å². The Labute approximate surface area is 109 Å². The van der Waals surface area contributed by atoms with E-state index in [1.165, 1.54) is 24.1 Å². The summed E-state index contributed by atoms with van der Waals surface area (Å²) in [4.78, 5) is 23.2. The van der Waals surface area contributed by atoms with E-state index >= 15 is 0 Å². The first-order valence-corrected chi connectivity index (χ1v) is 5.37. The maximum atomic E-state index is 12.0. The molecule has 1 rings (SSSR count). The third-order valence-corrected chi connectivity index (χ3v) is 2.81. The number of nitrogens with zero attached hydrogens (tertiary/aromatic N) is 3. The fraction of sp³-hybridized carbons (Fsp3) is 0.273. The number of rotatable bonds is 3. The van der Waals surface area contributed by atoms with Crippen LogP contribution in [0.2, 0.25) is 5.02 Å². The second-order valence-electron chi connectivity index (χ2n) is 3.64. The number of amides is 1. The van der Waals surface area contributed by atoms with Gasteiger partial charge in [-0.1, -0.05) is 11.6 Å². The number of non-ortho nitro benzene ring substituents is 1. The molecule has 0 aromatic heterocycles. The van der Waals surface area contributed by atoms with E-state index in [2.05, 4.69) is 0 Å². The van der Waals surface area contributed by atoms with Crippen LogP contribution in [0.15, 0.2) is 18.2 Å². The summed E-state index contributed by atoms with van der Waals surface area (Å²) < 4.78 is 0. The first kappa shape index (κ1) is 13.9. The second-order valence-corrected chi connectivity index (χ2v) is 4.05. The van der Waals surface area contributed by atoms with Gasteiger partial charge < -0.3 is 4.90 Å². The third-order valence-electron chi connectivity index (χ3n) is 2.48. The van der Waals surface area contributed by atoms with E-state index in [1.54, 1.807) is 6.92 Å². The van der Waals surface area contributed by atoms with Gasteiger partial charge in [-0.2, -0.15) is 5.26 Å². The molecular weight excluding hydrogens is 258 g/mol. The first-order valence-electron chi connectivity index (χ1n) is 4.99. The Balaban J connectivity index is 3.17. The Morgan fingerprint density at radius 2 is 2.22 bits per heavy atom. The molecule has 7 heteroatoms. The molecular formula is C11H10ClN3O3. The molecule has 6 nitrogen and oxygen atoms in total. The molecule has 1 amide bonds. The molecule has 0 aliphatic carbocycles. The number of nitro groups is 1. The summed E-state index contributed by atoms with van der Waals surface area (Å²) in [7, 11) is 1.44. The number of carbonyl (C=O) groups excluding carboxylic acids is 1. The highest BCUT2D eigenvalue weighted by molar-refractivity contribution is 6.33. The summed E-state index contributed by atoms with van der Waals surface area (Å²) in [6.07, 6.45) is 0. The molecule has 1 aromatic rings. The summed E-state index contributed by atoms with van der Waals surface area (Å²) in [5.74, 6) is -0.530. The highest BCUT2D eigenvalue weighted by atomic mass is 35.5. The Hall–Kier alpha value is -2.13. The number of benzene rings is 1. The summed E-state index contributed by atoms with van der Waals surface area (Å²) >= 11 is 5.83. The molecule has 0 saturated heterocycles. The number of nitriles is 1.